The first kappa shape index (κ1) is 16.8. The fourth-order valence-corrected chi connectivity index (χ4v) is 3.64. The summed E-state index contributed by atoms with van der Waals surface area (Å²) in [7, 11) is 0. The molecule has 3 nitrogen and oxygen atoms in total. The van der Waals surface area contributed by atoms with E-state index in [4.69, 9.17) is 5.11 Å². The van der Waals surface area contributed by atoms with Crippen LogP contribution >= 0.6 is 11.8 Å². The highest BCUT2D eigenvalue weighted by atomic mass is 32.2. The molecule has 4 heteroatoms. The average Bonchev–Trinajstić information content (AvgIpc) is 3.05. The van der Waals surface area contributed by atoms with E-state index in [1.807, 2.05) is 48.6 Å². The summed E-state index contributed by atoms with van der Waals surface area (Å²) in [4.78, 5) is 14.6. The van der Waals surface area contributed by atoms with Crippen LogP contribution < -0.4 is 5.32 Å². The highest BCUT2D eigenvalue weighted by Crippen LogP contribution is 2.30. The van der Waals surface area contributed by atoms with E-state index in [1.165, 1.54) is 10.5 Å². The summed E-state index contributed by atoms with van der Waals surface area (Å²) in [6.45, 7) is 2.23. The van der Waals surface area contributed by atoms with E-state index >= 15 is 0 Å². The van der Waals surface area contributed by atoms with Crippen LogP contribution in [0.1, 0.15) is 22.3 Å². The number of nitrogens with one attached hydrogen (secondary N) is 1. The molecule has 0 unspecified atom stereocenters. The van der Waals surface area contributed by atoms with Gasteiger partial charge in [0.25, 0.3) is 5.91 Å². The van der Waals surface area contributed by atoms with Crippen molar-refractivity contribution in [3.63, 3.8) is 0 Å². The molecule has 0 spiro atoms. The van der Waals surface area contributed by atoms with Gasteiger partial charge in [-0.1, -0.05) is 42.1 Å². The van der Waals surface area contributed by atoms with Crippen LogP contribution in [0.15, 0.2) is 70.5 Å². The van der Waals surface area contributed by atoms with E-state index in [0.29, 0.717) is 5.56 Å². The maximum atomic E-state index is 12.3. The molecule has 0 radical (unpaired) electrons. The molecule has 24 heavy (non-hydrogen) atoms. The first-order valence-corrected chi connectivity index (χ1v) is 8.91. The molecule has 0 saturated heterocycles. The third kappa shape index (κ3) is 4.08. The topological polar surface area (TPSA) is 49.3 Å². The number of aliphatic hydroxyl groups is 1. The maximum Gasteiger partial charge on any atom is 0.251 e. The Bertz CT molecular complexity index is 740. The monoisotopic (exact) mass is 339 g/mol. The van der Waals surface area contributed by atoms with Crippen LogP contribution in [0.25, 0.3) is 0 Å². The number of hydrogen-bond donors (Lipinski definition) is 2. The Kier molecular flexibility index (Phi) is 5.38. The SMILES string of the molecule is Cc1ccccc1Sc1ccc(C(=O)N[C@@H]2C=C[C@H](CO)C2)cc1. The van der Waals surface area contributed by atoms with Gasteiger partial charge in [0, 0.05) is 33.9 Å². The van der Waals surface area contributed by atoms with Crippen LogP contribution in [0.3, 0.4) is 0 Å². The minimum absolute atomic E-state index is 0.00988. The van der Waals surface area contributed by atoms with E-state index in [0.717, 1.165) is 11.3 Å². The zero-order valence-corrected chi connectivity index (χ0v) is 14.4. The van der Waals surface area contributed by atoms with Gasteiger partial charge in [0.2, 0.25) is 0 Å². The molecule has 124 valence electrons. The Labute approximate surface area is 146 Å². The molecule has 0 saturated carbocycles. The van der Waals surface area contributed by atoms with Crippen molar-refractivity contribution in [1.82, 2.24) is 5.32 Å². The Morgan fingerprint density at radius 3 is 2.58 bits per heavy atom. The smallest absolute Gasteiger partial charge is 0.251 e. The molecule has 1 aliphatic carbocycles. The Hall–Kier alpha value is -2.04. The predicted molar refractivity (Wildman–Crippen MR) is 97.3 cm³/mol. The zero-order valence-electron chi connectivity index (χ0n) is 13.6. The largest absolute Gasteiger partial charge is 0.396 e. The van der Waals surface area contributed by atoms with Crippen LogP contribution in [0.2, 0.25) is 0 Å². The zero-order chi connectivity index (χ0) is 16.9. The average molecular weight is 339 g/mol. The van der Waals surface area contributed by atoms with Crippen LogP contribution in [0, 0.1) is 12.8 Å². The second kappa shape index (κ2) is 7.69. The molecule has 0 bridgehead atoms. The summed E-state index contributed by atoms with van der Waals surface area (Å²) in [6.07, 6.45) is 4.69. The summed E-state index contributed by atoms with van der Waals surface area (Å²) in [6, 6.07) is 16.0. The number of aliphatic hydroxyl groups excluding tert-OH is 1. The van der Waals surface area contributed by atoms with Crippen LogP contribution in [-0.2, 0) is 0 Å². The molecular weight excluding hydrogens is 318 g/mol. The van der Waals surface area contributed by atoms with Crippen molar-refractivity contribution in [2.75, 3.05) is 6.61 Å². The molecule has 2 atom stereocenters. The number of carbonyl (C=O) groups is 1. The second-order valence-corrected chi connectivity index (χ2v) is 7.15. The molecule has 1 aliphatic rings. The summed E-state index contributed by atoms with van der Waals surface area (Å²) >= 11 is 1.70. The van der Waals surface area contributed by atoms with Crippen LogP contribution in [0.4, 0.5) is 0 Å². The van der Waals surface area contributed by atoms with Gasteiger partial charge >= 0.3 is 0 Å². The van der Waals surface area contributed by atoms with E-state index in [2.05, 4.69) is 24.4 Å². The van der Waals surface area contributed by atoms with E-state index in [-0.39, 0.29) is 24.5 Å². The number of benzene rings is 2. The van der Waals surface area contributed by atoms with Gasteiger partial charge in [0.05, 0.1) is 0 Å². The molecule has 3 rings (SSSR count). The lowest BCUT2D eigenvalue weighted by Crippen LogP contribution is -2.32. The lowest BCUT2D eigenvalue weighted by molar-refractivity contribution is 0.0941. The van der Waals surface area contributed by atoms with Crippen molar-refractivity contribution in [2.45, 2.75) is 29.2 Å². The van der Waals surface area contributed by atoms with E-state index in [1.54, 1.807) is 11.8 Å². The predicted octanol–water partition coefficient (Wildman–Crippen LogP) is 3.81. The highest BCUT2D eigenvalue weighted by molar-refractivity contribution is 7.99. The van der Waals surface area contributed by atoms with Gasteiger partial charge in [-0.25, -0.2) is 0 Å². The Morgan fingerprint density at radius 1 is 1.17 bits per heavy atom. The molecule has 0 aliphatic heterocycles. The number of rotatable bonds is 5. The highest BCUT2D eigenvalue weighted by Gasteiger charge is 2.20. The minimum Gasteiger partial charge on any atom is -0.396 e. The fourth-order valence-electron chi connectivity index (χ4n) is 2.74. The number of amides is 1. The third-order valence-electron chi connectivity index (χ3n) is 4.16. The standard InChI is InChI=1S/C20H21NO2S/c1-14-4-2-3-5-19(14)24-18-10-7-16(8-11-18)20(23)21-17-9-6-15(12-17)13-22/h2-11,15,17,22H,12-13H2,1H3,(H,21,23)/t15-,17+/m0/s1. The molecule has 0 heterocycles. The molecular formula is C20H21NO2S. The van der Waals surface area contributed by atoms with Gasteiger partial charge in [-0.05, 0) is 49.2 Å². The van der Waals surface area contributed by atoms with E-state index in [9.17, 15) is 4.79 Å². The summed E-state index contributed by atoms with van der Waals surface area (Å²) < 4.78 is 0. The van der Waals surface area contributed by atoms with Gasteiger partial charge in [-0.15, -0.1) is 0 Å². The molecule has 2 aromatic carbocycles. The lowest BCUT2D eigenvalue weighted by Gasteiger charge is -2.13. The number of aryl methyl sites for hydroxylation is 1. The van der Waals surface area contributed by atoms with Crippen LogP contribution in [-0.4, -0.2) is 23.7 Å². The molecule has 0 fully saturated rings. The number of carbonyl (C=O) groups excluding carboxylic acids is 1. The third-order valence-corrected chi connectivity index (χ3v) is 5.35. The fraction of sp³-hybridized carbons (Fsp3) is 0.250. The van der Waals surface area contributed by atoms with Crippen molar-refractivity contribution in [3.05, 3.63) is 71.8 Å². The minimum atomic E-state index is -0.0734. The Morgan fingerprint density at radius 2 is 1.92 bits per heavy atom. The lowest BCUT2D eigenvalue weighted by atomic mass is 10.1. The maximum absolute atomic E-state index is 12.3. The summed E-state index contributed by atoms with van der Waals surface area (Å²) in [5.41, 5.74) is 1.90. The first-order valence-electron chi connectivity index (χ1n) is 8.09. The van der Waals surface area contributed by atoms with Crippen molar-refractivity contribution in [1.29, 1.82) is 0 Å². The molecule has 2 N–H and O–H groups in total. The van der Waals surface area contributed by atoms with Gasteiger partial charge in [0.1, 0.15) is 0 Å². The van der Waals surface area contributed by atoms with Gasteiger partial charge in [0.15, 0.2) is 0 Å². The van der Waals surface area contributed by atoms with Gasteiger partial charge in [-0.2, -0.15) is 0 Å². The van der Waals surface area contributed by atoms with E-state index < -0.39 is 0 Å². The first-order chi connectivity index (χ1) is 11.7. The normalized spacial score (nSPS) is 19.4. The van der Waals surface area contributed by atoms with Crippen molar-refractivity contribution >= 4 is 17.7 Å². The number of hydrogen-bond acceptors (Lipinski definition) is 3. The summed E-state index contributed by atoms with van der Waals surface area (Å²) in [5.74, 6) is 0.0823. The van der Waals surface area contributed by atoms with Crippen molar-refractivity contribution in [2.24, 2.45) is 5.92 Å². The summed E-state index contributed by atoms with van der Waals surface area (Å²) in [5, 5.41) is 12.1. The molecule has 2 aromatic rings. The van der Waals surface area contributed by atoms with Crippen LogP contribution in [0.5, 0.6) is 0 Å². The quantitative estimate of drug-likeness (QED) is 0.814. The van der Waals surface area contributed by atoms with Crippen molar-refractivity contribution < 1.29 is 9.90 Å². The Balaban J connectivity index is 1.61. The van der Waals surface area contributed by atoms with Crippen molar-refractivity contribution in [3.8, 4) is 0 Å². The second-order valence-electron chi connectivity index (χ2n) is 6.04. The van der Waals surface area contributed by atoms with Gasteiger partial charge < -0.3 is 10.4 Å². The molecule has 0 aromatic heterocycles. The molecule has 1 amide bonds. The van der Waals surface area contributed by atoms with Gasteiger partial charge in [-0.3, -0.25) is 4.79 Å².